The van der Waals surface area contributed by atoms with E-state index in [-0.39, 0.29) is 37.1 Å². The molecule has 0 aromatic heterocycles. The average Bonchev–Trinajstić information content (AvgIpc) is 3.47. The number of nitriles is 1. The van der Waals surface area contributed by atoms with Gasteiger partial charge in [0, 0.05) is 25.0 Å². The number of nitrogens with zero attached hydrogens (tertiary/aromatic N) is 2. The Morgan fingerprint density at radius 1 is 1.02 bits per heavy atom. The summed E-state index contributed by atoms with van der Waals surface area (Å²) in [6.45, 7) is 4.03. The van der Waals surface area contributed by atoms with Crippen molar-refractivity contribution in [3.63, 3.8) is 0 Å². The Morgan fingerprint density at radius 2 is 1.65 bits per heavy atom. The summed E-state index contributed by atoms with van der Waals surface area (Å²) in [5.74, 6) is -0.219. The van der Waals surface area contributed by atoms with E-state index < -0.39 is 44.4 Å². The summed E-state index contributed by atoms with van der Waals surface area (Å²) in [7, 11) is -3.58. The van der Waals surface area contributed by atoms with Gasteiger partial charge in [-0.2, -0.15) is 5.26 Å². The molecule has 0 unspecified atom stereocenters. The van der Waals surface area contributed by atoms with E-state index >= 15 is 0 Å². The van der Waals surface area contributed by atoms with Gasteiger partial charge in [0.2, 0.25) is 5.91 Å². The third kappa shape index (κ3) is 6.55. The van der Waals surface area contributed by atoms with Gasteiger partial charge in [-0.1, -0.05) is 37.3 Å². The maximum atomic E-state index is 14.4. The molecule has 3 aromatic rings. The second-order valence-corrected chi connectivity index (χ2v) is 13.6. The molecule has 2 N–H and O–H groups in total. The standard InChI is InChI=1S/C34H34FN3O7S/c1-2-32(39)38-20-29(21-38)46(42,43)28-15-13-27(14-16-28)45-18-17-44-26-11-9-23(10-12-26)34(22-36,24-5-3-6-25(35)19-24)30-7-4-8-31(30)37-33(40)41/h2-3,5-6,9-16,19,29-31,37H,1,4,7-8,17-18,20-21H2,(H,40,41)/t30-,31-,34-/m0/s1. The van der Waals surface area contributed by atoms with Crippen LogP contribution < -0.4 is 14.8 Å². The number of carbonyl (C=O) groups is 2. The first-order chi connectivity index (χ1) is 22.1. The van der Waals surface area contributed by atoms with E-state index in [2.05, 4.69) is 18.0 Å². The van der Waals surface area contributed by atoms with Crippen LogP contribution in [0.1, 0.15) is 30.4 Å². The molecule has 5 rings (SSSR count). The normalized spacial score (nSPS) is 19.3. The Bertz CT molecular complexity index is 1740. The minimum Gasteiger partial charge on any atom is -0.490 e. The van der Waals surface area contributed by atoms with Crippen molar-refractivity contribution >= 4 is 21.8 Å². The number of ether oxygens (including phenoxy) is 2. The van der Waals surface area contributed by atoms with Crippen molar-refractivity contribution in [2.45, 2.75) is 40.9 Å². The van der Waals surface area contributed by atoms with Crippen molar-refractivity contribution in [1.29, 1.82) is 5.26 Å². The SMILES string of the molecule is C=CC(=O)N1CC(S(=O)(=O)c2ccc(OCCOc3ccc([C@@](C#N)(c4cccc(F)c4)[C@H]4CCC[C@@H]4NC(=O)O)cc3)cc2)C1. The highest BCUT2D eigenvalue weighted by Gasteiger charge is 2.49. The maximum Gasteiger partial charge on any atom is 0.404 e. The van der Waals surface area contributed by atoms with Gasteiger partial charge in [-0.15, -0.1) is 0 Å². The molecule has 3 atom stereocenters. The largest absolute Gasteiger partial charge is 0.490 e. The predicted octanol–water partition coefficient (Wildman–Crippen LogP) is 4.70. The molecule has 12 heteroatoms. The minimum absolute atomic E-state index is 0.134. The number of likely N-dealkylation sites (tertiary alicyclic amines) is 1. The summed E-state index contributed by atoms with van der Waals surface area (Å²) < 4.78 is 51.6. The van der Waals surface area contributed by atoms with Gasteiger partial charge in [0.25, 0.3) is 0 Å². The quantitative estimate of drug-likeness (QED) is 0.213. The zero-order valence-corrected chi connectivity index (χ0v) is 25.8. The highest BCUT2D eigenvalue weighted by Crippen LogP contribution is 2.47. The van der Waals surface area contributed by atoms with Crippen molar-refractivity contribution in [1.82, 2.24) is 10.2 Å². The molecule has 0 radical (unpaired) electrons. The minimum atomic E-state index is -3.58. The molecule has 46 heavy (non-hydrogen) atoms. The van der Waals surface area contributed by atoms with Crippen molar-refractivity contribution in [2.24, 2.45) is 5.92 Å². The molecule has 1 aliphatic carbocycles. The topological polar surface area (TPSA) is 146 Å². The molecule has 240 valence electrons. The first-order valence-electron chi connectivity index (χ1n) is 14.9. The first kappa shape index (κ1) is 32.5. The van der Waals surface area contributed by atoms with E-state index in [9.17, 15) is 32.8 Å². The van der Waals surface area contributed by atoms with Gasteiger partial charge in [-0.05, 0) is 78.6 Å². The van der Waals surface area contributed by atoms with E-state index in [0.717, 1.165) is 12.5 Å². The molecule has 1 saturated heterocycles. The van der Waals surface area contributed by atoms with Crippen LogP contribution in [0.5, 0.6) is 11.5 Å². The summed E-state index contributed by atoms with van der Waals surface area (Å²) in [5, 5.41) is 22.0. The number of benzene rings is 3. The number of hydrogen-bond acceptors (Lipinski definition) is 7. The first-order valence-corrected chi connectivity index (χ1v) is 16.4. The van der Waals surface area contributed by atoms with E-state index in [0.29, 0.717) is 35.5 Å². The summed E-state index contributed by atoms with van der Waals surface area (Å²) in [5.41, 5.74) is -0.240. The highest BCUT2D eigenvalue weighted by atomic mass is 32.2. The van der Waals surface area contributed by atoms with E-state index in [1.807, 2.05) is 0 Å². The van der Waals surface area contributed by atoms with Gasteiger partial charge in [-0.3, -0.25) is 4.79 Å². The Labute approximate surface area is 267 Å². The molecule has 1 heterocycles. The number of carbonyl (C=O) groups excluding carboxylic acids is 1. The van der Waals surface area contributed by atoms with Crippen LogP contribution in [-0.4, -0.2) is 68.0 Å². The zero-order chi connectivity index (χ0) is 32.9. The number of sulfone groups is 1. The molecular weight excluding hydrogens is 613 g/mol. The van der Waals surface area contributed by atoms with Gasteiger partial charge in [0.15, 0.2) is 9.84 Å². The smallest absolute Gasteiger partial charge is 0.404 e. The zero-order valence-electron chi connectivity index (χ0n) is 25.0. The highest BCUT2D eigenvalue weighted by molar-refractivity contribution is 7.92. The van der Waals surface area contributed by atoms with Crippen LogP contribution in [0.3, 0.4) is 0 Å². The molecule has 2 fully saturated rings. The van der Waals surface area contributed by atoms with E-state index in [1.54, 1.807) is 48.5 Å². The Morgan fingerprint density at radius 3 is 2.22 bits per heavy atom. The molecule has 1 saturated carbocycles. The summed E-state index contributed by atoms with van der Waals surface area (Å²) >= 11 is 0. The fraction of sp³-hybridized carbons (Fsp3) is 0.324. The molecule has 3 aromatic carbocycles. The van der Waals surface area contributed by atoms with Gasteiger partial charge in [0.05, 0.1) is 11.0 Å². The third-order valence-corrected chi connectivity index (χ3v) is 10.8. The van der Waals surface area contributed by atoms with Crippen molar-refractivity contribution in [2.75, 3.05) is 26.3 Å². The molecule has 2 amide bonds. The van der Waals surface area contributed by atoms with E-state index in [1.165, 1.54) is 29.2 Å². The maximum absolute atomic E-state index is 14.4. The molecule has 1 aliphatic heterocycles. The number of rotatable bonds is 12. The van der Waals surface area contributed by atoms with Crippen LogP contribution in [0.2, 0.25) is 0 Å². The van der Waals surface area contributed by atoms with Crippen molar-refractivity contribution in [3.05, 3.63) is 102 Å². The predicted molar refractivity (Wildman–Crippen MR) is 167 cm³/mol. The van der Waals surface area contributed by atoms with Gasteiger partial charge in [0.1, 0.15) is 41.2 Å². The summed E-state index contributed by atoms with van der Waals surface area (Å²) in [4.78, 5) is 24.7. The summed E-state index contributed by atoms with van der Waals surface area (Å²) in [6, 6.07) is 20.8. The molecule has 0 bridgehead atoms. The third-order valence-electron chi connectivity index (χ3n) is 8.69. The lowest BCUT2D eigenvalue weighted by Gasteiger charge is -2.37. The second kappa shape index (κ2) is 13.6. The lowest BCUT2D eigenvalue weighted by Crippen LogP contribution is -2.56. The van der Waals surface area contributed by atoms with Crippen LogP contribution in [0, 0.1) is 23.1 Å². The fourth-order valence-electron chi connectivity index (χ4n) is 6.34. The average molecular weight is 648 g/mol. The van der Waals surface area contributed by atoms with Gasteiger partial charge in [-0.25, -0.2) is 17.6 Å². The van der Waals surface area contributed by atoms with Crippen LogP contribution >= 0.6 is 0 Å². The number of nitrogens with one attached hydrogen (secondary N) is 1. The lowest BCUT2D eigenvalue weighted by molar-refractivity contribution is -0.129. The van der Waals surface area contributed by atoms with Gasteiger partial charge < -0.3 is 24.8 Å². The molecular formula is C34H34FN3O7S. The Kier molecular flexibility index (Phi) is 9.63. The number of halogens is 1. The van der Waals surface area contributed by atoms with Crippen LogP contribution in [0.4, 0.5) is 9.18 Å². The van der Waals surface area contributed by atoms with Gasteiger partial charge >= 0.3 is 6.09 Å². The van der Waals surface area contributed by atoms with E-state index in [4.69, 9.17) is 9.47 Å². The van der Waals surface area contributed by atoms with Crippen molar-refractivity contribution in [3.8, 4) is 17.6 Å². The fourth-order valence-corrected chi connectivity index (χ4v) is 8.00. The van der Waals surface area contributed by atoms with Crippen LogP contribution in [-0.2, 0) is 20.0 Å². The molecule has 10 nitrogen and oxygen atoms in total. The number of hydrogen-bond donors (Lipinski definition) is 2. The second-order valence-electron chi connectivity index (χ2n) is 11.3. The van der Waals surface area contributed by atoms with Crippen LogP contribution in [0.15, 0.2) is 90.3 Å². The summed E-state index contributed by atoms with van der Waals surface area (Å²) in [6.07, 6.45) is 1.89. The Hall–Kier alpha value is -4.89. The number of amides is 2. The monoisotopic (exact) mass is 647 g/mol. The number of carboxylic acid groups (broad SMARTS) is 1. The molecule has 0 spiro atoms. The Balaban J connectivity index is 1.21. The van der Waals surface area contributed by atoms with Crippen LogP contribution in [0.25, 0.3) is 0 Å². The van der Waals surface area contributed by atoms with Crippen molar-refractivity contribution < 1.29 is 37.0 Å². The lowest BCUT2D eigenvalue weighted by atomic mass is 9.65. The molecule has 2 aliphatic rings.